The van der Waals surface area contributed by atoms with E-state index in [1.54, 1.807) is 4.90 Å². The SMILES string of the molecule is N#CC1=C(N)N(c2ncn[nH]2)C2=C(C(=O)CCC2)[C@H]1c1ccccc1. The van der Waals surface area contributed by atoms with Gasteiger partial charge >= 0.3 is 0 Å². The number of aromatic amines is 1. The first kappa shape index (κ1) is 15.1. The number of H-pyrrole nitrogens is 1. The maximum atomic E-state index is 12.8. The van der Waals surface area contributed by atoms with E-state index in [1.165, 1.54) is 6.33 Å². The smallest absolute Gasteiger partial charge is 0.231 e. The van der Waals surface area contributed by atoms with E-state index in [0.29, 0.717) is 35.8 Å². The number of nitriles is 1. The van der Waals surface area contributed by atoms with Crippen LogP contribution in [0.3, 0.4) is 0 Å². The van der Waals surface area contributed by atoms with Crippen LogP contribution in [-0.2, 0) is 4.79 Å². The lowest BCUT2D eigenvalue weighted by Gasteiger charge is -2.38. The van der Waals surface area contributed by atoms with Gasteiger partial charge < -0.3 is 5.73 Å². The van der Waals surface area contributed by atoms with E-state index in [-0.39, 0.29) is 5.78 Å². The van der Waals surface area contributed by atoms with E-state index in [1.807, 2.05) is 30.3 Å². The van der Waals surface area contributed by atoms with Crippen LogP contribution in [0.15, 0.2) is 59.3 Å². The molecule has 0 amide bonds. The zero-order valence-corrected chi connectivity index (χ0v) is 13.4. The number of carbonyl (C=O) groups is 1. The molecule has 0 spiro atoms. The molecule has 1 aromatic carbocycles. The fraction of sp³-hybridized carbons (Fsp3) is 0.222. The molecule has 1 aliphatic heterocycles. The third kappa shape index (κ3) is 2.31. The summed E-state index contributed by atoms with van der Waals surface area (Å²) in [6.45, 7) is 0. The Morgan fingerprint density at radius 3 is 2.76 bits per heavy atom. The molecule has 7 nitrogen and oxygen atoms in total. The van der Waals surface area contributed by atoms with Crippen molar-refractivity contribution in [3.8, 4) is 6.07 Å². The highest BCUT2D eigenvalue weighted by Crippen LogP contribution is 2.45. The standard InChI is InChI=1S/C18H16N6O/c19-9-12-15(11-5-2-1-3-6-11)16-13(7-4-8-14(16)25)24(17(12)20)18-21-10-22-23-18/h1-3,5-6,10,15H,4,7-8,20H2,(H,21,22,23)/t15-/m0/s1. The first-order chi connectivity index (χ1) is 12.2. The summed E-state index contributed by atoms with van der Waals surface area (Å²) in [7, 11) is 0. The second-order valence-electron chi connectivity index (χ2n) is 6.04. The molecule has 0 saturated heterocycles. The molecule has 0 fully saturated rings. The van der Waals surface area contributed by atoms with Gasteiger partial charge in [0.1, 0.15) is 12.1 Å². The first-order valence-corrected chi connectivity index (χ1v) is 8.08. The number of hydrogen-bond donors (Lipinski definition) is 2. The Morgan fingerprint density at radius 2 is 2.08 bits per heavy atom. The maximum absolute atomic E-state index is 12.8. The molecule has 2 aliphatic rings. The van der Waals surface area contributed by atoms with Gasteiger partial charge in [-0.05, 0) is 18.4 Å². The Kier molecular flexibility index (Phi) is 3.58. The molecule has 1 aromatic heterocycles. The van der Waals surface area contributed by atoms with Crippen LogP contribution in [0, 0.1) is 11.3 Å². The predicted molar refractivity (Wildman–Crippen MR) is 90.8 cm³/mol. The predicted octanol–water partition coefficient (Wildman–Crippen LogP) is 2.11. The molecule has 3 N–H and O–H groups in total. The van der Waals surface area contributed by atoms with Gasteiger partial charge in [0.25, 0.3) is 0 Å². The normalized spacial score (nSPS) is 20.5. The van der Waals surface area contributed by atoms with E-state index < -0.39 is 5.92 Å². The number of nitrogens with zero attached hydrogens (tertiary/aromatic N) is 4. The van der Waals surface area contributed by atoms with Crippen molar-refractivity contribution in [1.29, 1.82) is 5.26 Å². The van der Waals surface area contributed by atoms with Crippen LogP contribution in [0.5, 0.6) is 0 Å². The van der Waals surface area contributed by atoms with Gasteiger partial charge in [-0.2, -0.15) is 15.3 Å². The number of nitrogens with one attached hydrogen (secondary N) is 1. The number of allylic oxidation sites excluding steroid dienone is 3. The van der Waals surface area contributed by atoms with Crippen LogP contribution < -0.4 is 10.6 Å². The molecule has 0 bridgehead atoms. The van der Waals surface area contributed by atoms with Gasteiger partial charge in [-0.1, -0.05) is 30.3 Å². The average Bonchev–Trinajstić information content (AvgIpc) is 3.16. The average molecular weight is 332 g/mol. The van der Waals surface area contributed by atoms with Gasteiger partial charge in [0.2, 0.25) is 5.95 Å². The summed E-state index contributed by atoms with van der Waals surface area (Å²) in [6.07, 6.45) is 3.30. The maximum Gasteiger partial charge on any atom is 0.231 e. The minimum absolute atomic E-state index is 0.0554. The molecule has 7 heteroatoms. The Balaban J connectivity index is 1.98. The first-order valence-electron chi connectivity index (χ1n) is 8.08. The summed E-state index contributed by atoms with van der Waals surface area (Å²) >= 11 is 0. The summed E-state index contributed by atoms with van der Waals surface area (Å²) in [6, 6.07) is 11.8. The molecule has 1 atom stereocenters. The zero-order valence-electron chi connectivity index (χ0n) is 13.4. The monoisotopic (exact) mass is 332 g/mol. The van der Waals surface area contributed by atoms with Crippen molar-refractivity contribution in [2.75, 3.05) is 4.90 Å². The molecule has 124 valence electrons. The number of Topliss-reactive ketones (excluding diaryl/α,β-unsaturated/α-hetero) is 1. The zero-order chi connectivity index (χ0) is 17.4. The molecule has 0 saturated carbocycles. The third-order valence-electron chi connectivity index (χ3n) is 4.66. The van der Waals surface area contributed by atoms with Crippen molar-refractivity contribution in [2.24, 2.45) is 5.73 Å². The van der Waals surface area contributed by atoms with Crippen molar-refractivity contribution in [2.45, 2.75) is 25.2 Å². The largest absolute Gasteiger partial charge is 0.384 e. The Labute approximate surface area is 144 Å². The summed E-state index contributed by atoms with van der Waals surface area (Å²) in [4.78, 5) is 18.6. The number of anilines is 1. The van der Waals surface area contributed by atoms with Gasteiger partial charge in [-0.3, -0.25) is 9.69 Å². The second-order valence-corrected chi connectivity index (χ2v) is 6.04. The molecule has 2 aromatic rings. The molecule has 2 heterocycles. The minimum atomic E-state index is -0.437. The third-order valence-corrected chi connectivity index (χ3v) is 4.66. The topological polar surface area (TPSA) is 112 Å². The van der Waals surface area contributed by atoms with E-state index in [4.69, 9.17) is 5.73 Å². The quantitative estimate of drug-likeness (QED) is 0.871. The van der Waals surface area contributed by atoms with Crippen LogP contribution in [0.1, 0.15) is 30.7 Å². The number of nitrogens with two attached hydrogens (primary N) is 1. The molecular formula is C18H16N6O. The highest BCUT2D eigenvalue weighted by atomic mass is 16.1. The summed E-state index contributed by atoms with van der Waals surface area (Å²) in [5.74, 6) is 0.327. The fourth-order valence-corrected chi connectivity index (χ4v) is 3.61. The van der Waals surface area contributed by atoms with Crippen LogP contribution in [0.2, 0.25) is 0 Å². The van der Waals surface area contributed by atoms with Crippen molar-refractivity contribution < 1.29 is 4.79 Å². The Bertz CT molecular complexity index is 920. The van der Waals surface area contributed by atoms with E-state index in [2.05, 4.69) is 21.3 Å². The lowest BCUT2D eigenvalue weighted by atomic mass is 9.76. The Morgan fingerprint density at radius 1 is 1.28 bits per heavy atom. The van der Waals surface area contributed by atoms with Crippen LogP contribution >= 0.6 is 0 Å². The van der Waals surface area contributed by atoms with Crippen LogP contribution in [0.25, 0.3) is 0 Å². The number of aromatic nitrogens is 3. The van der Waals surface area contributed by atoms with Crippen molar-refractivity contribution in [3.63, 3.8) is 0 Å². The number of hydrogen-bond acceptors (Lipinski definition) is 6. The van der Waals surface area contributed by atoms with E-state index in [9.17, 15) is 10.1 Å². The van der Waals surface area contributed by atoms with Gasteiger partial charge in [0, 0.05) is 17.7 Å². The molecule has 4 rings (SSSR count). The highest BCUT2D eigenvalue weighted by Gasteiger charge is 2.40. The van der Waals surface area contributed by atoms with Gasteiger partial charge in [0.05, 0.1) is 17.6 Å². The van der Waals surface area contributed by atoms with Crippen molar-refractivity contribution in [3.05, 3.63) is 64.9 Å². The minimum Gasteiger partial charge on any atom is -0.384 e. The Hall–Kier alpha value is -3.40. The van der Waals surface area contributed by atoms with E-state index in [0.717, 1.165) is 17.7 Å². The van der Waals surface area contributed by atoms with Crippen molar-refractivity contribution in [1.82, 2.24) is 15.2 Å². The number of benzene rings is 1. The molecule has 1 aliphatic carbocycles. The number of rotatable bonds is 2. The lowest BCUT2D eigenvalue weighted by Crippen LogP contribution is -2.39. The highest BCUT2D eigenvalue weighted by molar-refractivity contribution is 6.01. The lowest BCUT2D eigenvalue weighted by molar-refractivity contribution is -0.116. The molecule has 25 heavy (non-hydrogen) atoms. The van der Waals surface area contributed by atoms with Crippen LogP contribution in [-0.4, -0.2) is 21.0 Å². The van der Waals surface area contributed by atoms with Crippen molar-refractivity contribution >= 4 is 11.7 Å². The number of ketones is 1. The fourth-order valence-electron chi connectivity index (χ4n) is 3.61. The van der Waals surface area contributed by atoms with Gasteiger partial charge in [-0.15, -0.1) is 0 Å². The summed E-state index contributed by atoms with van der Waals surface area (Å²) < 4.78 is 0. The van der Waals surface area contributed by atoms with Gasteiger partial charge in [-0.25, -0.2) is 5.10 Å². The molecular weight excluding hydrogens is 316 g/mol. The van der Waals surface area contributed by atoms with Crippen LogP contribution in [0.4, 0.5) is 5.95 Å². The molecule has 0 unspecified atom stereocenters. The second kappa shape index (κ2) is 5.91. The van der Waals surface area contributed by atoms with E-state index >= 15 is 0 Å². The molecule has 0 radical (unpaired) electrons. The summed E-state index contributed by atoms with van der Waals surface area (Å²) in [5, 5.41) is 16.4. The summed E-state index contributed by atoms with van der Waals surface area (Å²) in [5.41, 5.74) is 9.05. The van der Waals surface area contributed by atoms with Gasteiger partial charge in [0.15, 0.2) is 5.78 Å². The number of carbonyl (C=O) groups excluding carboxylic acids is 1.